The Bertz CT molecular complexity index is 336. The van der Waals surface area contributed by atoms with Gasteiger partial charge in [-0.25, -0.2) is 0 Å². The summed E-state index contributed by atoms with van der Waals surface area (Å²) in [5, 5.41) is 9.22. The first kappa shape index (κ1) is 13.3. The van der Waals surface area contributed by atoms with E-state index in [0.717, 1.165) is 6.42 Å². The molecule has 0 aromatic heterocycles. The average Bonchev–Trinajstić information content (AvgIpc) is 3.13. The zero-order valence-corrected chi connectivity index (χ0v) is 10.8. The van der Waals surface area contributed by atoms with Gasteiger partial charge in [-0.05, 0) is 24.7 Å². The zero-order valence-electron chi connectivity index (χ0n) is 10.8. The van der Waals surface area contributed by atoms with Gasteiger partial charge >= 0.3 is 11.9 Å². The Morgan fingerprint density at radius 3 is 2.56 bits per heavy atom. The molecule has 1 N–H and O–H groups in total. The number of carboxylic acid groups (broad SMARTS) is 1. The van der Waals surface area contributed by atoms with E-state index in [0.29, 0.717) is 18.9 Å². The van der Waals surface area contributed by atoms with Gasteiger partial charge in [0, 0.05) is 0 Å². The van der Waals surface area contributed by atoms with Crippen LogP contribution in [-0.4, -0.2) is 36.4 Å². The normalized spacial score (nSPS) is 39.1. The number of rotatable bonds is 4. The van der Waals surface area contributed by atoms with Gasteiger partial charge in [0.25, 0.3) is 0 Å². The van der Waals surface area contributed by atoms with Gasteiger partial charge in [0.05, 0.1) is 18.4 Å². The van der Waals surface area contributed by atoms with Crippen LogP contribution in [0.4, 0.5) is 0 Å². The van der Waals surface area contributed by atoms with Gasteiger partial charge in [0.15, 0.2) is 0 Å². The third-order valence-corrected chi connectivity index (χ3v) is 4.23. The van der Waals surface area contributed by atoms with Gasteiger partial charge in [-0.15, -0.1) is 0 Å². The molecule has 2 rings (SSSR count). The third-order valence-electron chi connectivity index (χ3n) is 4.23. The lowest BCUT2D eigenvalue weighted by Gasteiger charge is -2.36. The van der Waals surface area contributed by atoms with Crippen molar-refractivity contribution in [3.63, 3.8) is 0 Å². The Morgan fingerprint density at radius 1 is 1.33 bits per heavy atom. The summed E-state index contributed by atoms with van der Waals surface area (Å²) in [7, 11) is 0. The van der Waals surface area contributed by atoms with Gasteiger partial charge in [0.1, 0.15) is 12.7 Å². The second-order valence-electron chi connectivity index (χ2n) is 5.47. The first-order valence-corrected chi connectivity index (χ1v) is 6.51. The SMILES string of the molecule is CC1CCC(C(=O)O)C(C(=O)OCC2CO2)C1C. The minimum atomic E-state index is -0.890. The highest BCUT2D eigenvalue weighted by Gasteiger charge is 2.44. The molecule has 1 saturated carbocycles. The quantitative estimate of drug-likeness (QED) is 0.606. The summed E-state index contributed by atoms with van der Waals surface area (Å²) in [6.07, 6.45) is 1.43. The summed E-state index contributed by atoms with van der Waals surface area (Å²) in [4.78, 5) is 23.3. The van der Waals surface area contributed by atoms with Crippen LogP contribution in [0.2, 0.25) is 0 Å². The Balaban J connectivity index is 2.02. The molecule has 0 radical (unpaired) electrons. The van der Waals surface area contributed by atoms with Crippen LogP contribution in [-0.2, 0) is 19.1 Å². The molecule has 5 heteroatoms. The number of carbonyl (C=O) groups excluding carboxylic acids is 1. The van der Waals surface area contributed by atoms with E-state index in [4.69, 9.17) is 9.47 Å². The van der Waals surface area contributed by atoms with E-state index >= 15 is 0 Å². The highest BCUT2D eigenvalue weighted by atomic mass is 16.6. The number of hydrogen-bond donors (Lipinski definition) is 1. The van der Waals surface area contributed by atoms with Crippen LogP contribution in [0.5, 0.6) is 0 Å². The lowest BCUT2D eigenvalue weighted by Crippen LogP contribution is -2.42. The molecule has 2 aliphatic rings. The molecule has 2 fully saturated rings. The zero-order chi connectivity index (χ0) is 13.3. The molecule has 0 aromatic rings. The van der Waals surface area contributed by atoms with Crippen molar-refractivity contribution >= 4 is 11.9 Å². The topological polar surface area (TPSA) is 76.1 Å². The largest absolute Gasteiger partial charge is 0.481 e. The van der Waals surface area contributed by atoms with E-state index in [-0.39, 0.29) is 24.6 Å². The molecule has 5 unspecified atom stereocenters. The fourth-order valence-electron chi connectivity index (χ4n) is 2.70. The van der Waals surface area contributed by atoms with Crippen LogP contribution in [0.1, 0.15) is 26.7 Å². The molecule has 5 nitrogen and oxygen atoms in total. The highest BCUT2D eigenvalue weighted by molar-refractivity contribution is 5.81. The molecule has 0 amide bonds. The molecule has 1 aliphatic carbocycles. The van der Waals surface area contributed by atoms with E-state index in [1.807, 2.05) is 6.92 Å². The Labute approximate surface area is 106 Å². The van der Waals surface area contributed by atoms with Crippen LogP contribution in [0, 0.1) is 23.7 Å². The standard InChI is InChI=1S/C13H20O5/c1-7-3-4-10(12(14)15)11(8(7)2)13(16)18-6-9-5-17-9/h7-11H,3-6H2,1-2H3,(H,14,15). The fourth-order valence-corrected chi connectivity index (χ4v) is 2.70. The third kappa shape index (κ3) is 2.83. The number of esters is 1. The first-order chi connectivity index (χ1) is 8.50. The van der Waals surface area contributed by atoms with Crippen molar-refractivity contribution in [3.05, 3.63) is 0 Å². The van der Waals surface area contributed by atoms with Crippen molar-refractivity contribution in [2.75, 3.05) is 13.2 Å². The maximum absolute atomic E-state index is 12.1. The second-order valence-corrected chi connectivity index (χ2v) is 5.47. The summed E-state index contributed by atoms with van der Waals surface area (Å²) >= 11 is 0. The lowest BCUT2D eigenvalue weighted by molar-refractivity contribution is -0.164. The van der Waals surface area contributed by atoms with Gasteiger partial charge in [0.2, 0.25) is 0 Å². The molecule has 1 saturated heterocycles. The monoisotopic (exact) mass is 256 g/mol. The first-order valence-electron chi connectivity index (χ1n) is 6.51. The molecule has 0 bridgehead atoms. The molecule has 5 atom stereocenters. The van der Waals surface area contributed by atoms with Crippen LogP contribution in [0.25, 0.3) is 0 Å². The Hall–Kier alpha value is -1.10. The predicted octanol–water partition coefficient (Wildman–Crippen LogP) is 1.31. The number of ether oxygens (including phenoxy) is 2. The summed E-state index contributed by atoms with van der Waals surface area (Å²) in [6.45, 7) is 4.89. The summed E-state index contributed by atoms with van der Waals surface area (Å²) in [5.74, 6) is -1.99. The number of carboxylic acids is 1. The maximum Gasteiger partial charge on any atom is 0.310 e. The fraction of sp³-hybridized carbons (Fsp3) is 0.846. The van der Waals surface area contributed by atoms with Crippen molar-refractivity contribution < 1.29 is 24.2 Å². The van der Waals surface area contributed by atoms with Gasteiger partial charge in [-0.3, -0.25) is 9.59 Å². The Morgan fingerprint density at radius 2 is 2.00 bits per heavy atom. The summed E-state index contributed by atoms with van der Waals surface area (Å²) < 4.78 is 10.2. The number of epoxide rings is 1. The summed E-state index contributed by atoms with van der Waals surface area (Å²) in [5.41, 5.74) is 0. The van der Waals surface area contributed by atoms with Gasteiger partial charge in [-0.2, -0.15) is 0 Å². The molecule has 102 valence electrons. The number of hydrogen-bond acceptors (Lipinski definition) is 4. The molecule has 0 spiro atoms. The van der Waals surface area contributed by atoms with Crippen molar-refractivity contribution in [3.8, 4) is 0 Å². The highest BCUT2D eigenvalue weighted by Crippen LogP contribution is 2.39. The van der Waals surface area contributed by atoms with E-state index < -0.39 is 17.8 Å². The van der Waals surface area contributed by atoms with Gasteiger partial charge in [-0.1, -0.05) is 13.8 Å². The number of carbonyl (C=O) groups is 2. The Kier molecular flexibility index (Phi) is 3.90. The molecular weight excluding hydrogens is 236 g/mol. The predicted molar refractivity (Wildman–Crippen MR) is 62.9 cm³/mol. The van der Waals surface area contributed by atoms with Crippen molar-refractivity contribution in [1.29, 1.82) is 0 Å². The van der Waals surface area contributed by atoms with E-state index in [1.165, 1.54) is 0 Å². The average molecular weight is 256 g/mol. The molecule has 1 heterocycles. The van der Waals surface area contributed by atoms with Crippen molar-refractivity contribution in [1.82, 2.24) is 0 Å². The minimum Gasteiger partial charge on any atom is -0.481 e. The minimum absolute atomic E-state index is 0.0218. The van der Waals surface area contributed by atoms with Crippen LogP contribution < -0.4 is 0 Å². The molecule has 0 aromatic carbocycles. The van der Waals surface area contributed by atoms with Gasteiger partial charge < -0.3 is 14.6 Å². The van der Waals surface area contributed by atoms with Crippen LogP contribution in [0.3, 0.4) is 0 Å². The second kappa shape index (κ2) is 5.26. The van der Waals surface area contributed by atoms with Crippen molar-refractivity contribution in [2.24, 2.45) is 23.7 Å². The maximum atomic E-state index is 12.1. The molecular formula is C13H20O5. The van der Waals surface area contributed by atoms with E-state index in [9.17, 15) is 14.7 Å². The number of aliphatic carboxylic acids is 1. The van der Waals surface area contributed by atoms with E-state index in [2.05, 4.69) is 6.92 Å². The summed E-state index contributed by atoms with van der Waals surface area (Å²) in [6, 6.07) is 0. The lowest BCUT2D eigenvalue weighted by atomic mass is 9.68. The van der Waals surface area contributed by atoms with Crippen LogP contribution in [0.15, 0.2) is 0 Å². The molecule has 1 aliphatic heterocycles. The van der Waals surface area contributed by atoms with Crippen molar-refractivity contribution in [2.45, 2.75) is 32.8 Å². The van der Waals surface area contributed by atoms with E-state index in [1.54, 1.807) is 0 Å². The molecule has 18 heavy (non-hydrogen) atoms. The smallest absolute Gasteiger partial charge is 0.310 e. The van der Waals surface area contributed by atoms with Crippen LogP contribution >= 0.6 is 0 Å².